The van der Waals surface area contributed by atoms with Crippen LogP contribution in [0, 0.1) is 0 Å². The number of rotatable bonds is 8. The van der Waals surface area contributed by atoms with E-state index in [1.54, 1.807) is 28.4 Å². The fourth-order valence-electron chi connectivity index (χ4n) is 3.13. The molecule has 1 atom stereocenters. The second kappa shape index (κ2) is 7.67. The second-order valence-corrected chi connectivity index (χ2v) is 5.28. The van der Waals surface area contributed by atoms with E-state index in [2.05, 4.69) is 4.90 Å². The normalized spacial score (nSPS) is 17.4. The standard InChI is InChI=1S/C16H26N2O4/c1-19-7-5-6-18-10-12-11(13(18)9-17)8-14(20-2)16(22-4)15(12)21-3/h8,13H,5-7,9-10,17H2,1-4H3. The molecule has 22 heavy (non-hydrogen) atoms. The number of hydrogen-bond donors (Lipinski definition) is 1. The van der Waals surface area contributed by atoms with E-state index in [4.69, 9.17) is 24.7 Å². The largest absolute Gasteiger partial charge is 0.493 e. The van der Waals surface area contributed by atoms with Gasteiger partial charge in [-0.25, -0.2) is 0 Å². The molecule has 0 saturated carbocycles. The Kier molecular flexibility index (Phi) is 5.88. The van der Waals surface area contributed by atoms with E-state index in [-0.39, 0.29) is 6.04 Å². The van der Waals surface area contributed by atoms with E-state index < -0.39 is 0 Å². The van der Waals surface area contributed by atoms with Crippen molar-refractivity contribution in [2.45, 2.75) is 19.0 Å². The van der Waals surface area contributed by atoms with Gasteiger partial charge in [-0.3, -0.25) is 4.90 Å². The first-order valence-corrected chi connectivity index (χ1v) is 7.46. The van der Waals surface area contributed by atoms with Crippen LogP contribution in [0.15, 0.2) is 6.07 Å². The summed E-state index contributed by atoms with van der Waals surface area (Å²) in [6.45, 7) is 3.02. The number of hydrogen-bond acceptors (Lipinski definition) is 6. The lowest BCUT2D eigenvalue weighted by Gasteiger charge is -2.23. The van der Waals surface area contributed by atoms with E-state index in [1.165, 1.54) is 0 Å². The maximum absolute atomic E-state index is 6.01. The van der Waals surface area contributed by atoms with Crippen LogP contribution in [-0.2, 0) is 11.3 Å². The second-order valence-electron chi connectivity index (χ2n) is 5.28. The summed E-state index contributed by atoms with van der Waals surface area (Å²) in [4.78, 5) is 2.35. The molecular weight excluding hydrogens is 284 g/mol. The Morgan fingerprint density at radius 2 is 1.86 bits per heavy atom. The lowest BCUT2D eigenvalue weighted by Crippen LogP contribution is -2.29. The number of nitrogens with zero attached hydrogens (tertiary/aromatic N) is 1. The van der Waals surface area contributed by atoms with Crippen LogP contribution in [0.2, 0.25) is 0 Å². The van der Waals surface area contributed by atoms with Crippen molar-refractivity contribution in [3.05, 3.63) is 17.2 Å². The highest BCUT2D eigenvalue weighted by Gasteiger charge is 2.34. The molecule has 6 heteroatoms. The fraction of sp³-hybridized carbons (Fsp3) is 0.625. The van der Waals surface area contributed by atoms with Crippen molar-refractivity contribution in [2.24, 2.45) is 5.73 Å². The van der Waals surface area contributed by atoms with Crippen molar-refractivity contribution in [3.63, 3.8) is 0 Å². The SMILES string of the molecule is COCCCN1Cc2c(cc(OC)c(OC)c2OC)C1CN. The van der Waals surface area contributed by atoms with Crippen molar-refractivity contribution in [2.75, 3.05) is 48.1 Å². The highest BCUT2D eigenvalue weighted by molar-refractivity contribution is 5.61. The molecule has 0 saturated heterocycles. The van der Waals surface area contributed by atoms with Gasteiger partial charge in [-0.05, 0) is 18.1 Å². The Morgan fingerprint density at radius 1 is 1.14 bits per heavy atom. The first kappa shape index (κ1) is 16.9. The van der Waals surface area contributed by atoms with Gasteiger partial charge in [0.1, 0.15) is 0 Å². The topological polar surface area (TPSA) is 66.2 Å². The Labute approximate surface area is 132 Å². The number of benzene rings is 1. The minimum Gasteiger partial charge on any atom is -0.493 e. The zero-order valence-corrected chi connectivity index (χ0v) is 13.8. The minimum atomic E-state index is 0.167. The van der Waals surface area contributed by atoms with Gasteiger partial charge in [0, 0.05) is 45.0 Å². The molecule has 1 heterocycles. The maximum atomic E-state index is 6.01. The van der Waals surface area contributed by atoms with Crippen LogP contribution in [0.3, 0.4) is 0 Å². The van der Waals surface area contributed by atoms with Gasteiger partial charge < -0.3 is 24.7 Å². The van der Waals surface area contributed by atoms with Gasteiger partial charge in [0.25, 0.3) is 0 Å². The Balaban J connectivity index is 2.37. The molecule has 1 aromatic carbocycles. The van der Waals surface area contributed by atoms with E-state index in [0.717, 1.165) is 43.0 Å². The van der Waals surface area contributed by atoms with Crippen LogP contribution in [0.1, 0.15) is 23.6 Å². The van der Waals surface area contributed by atoms with Gasteiger partial charge in [0.15, 0.2) is 11.5 Å². The van der Waals surface area contributed by atoms with Gasteiger partial charge in [-0.15, -0.1) is 0 Å². The van der Waals surface area contributed by atoms with Crippen molar-refractivity contribution in [1.29, 1.82) is 0 Å². The molecule has 0 aromatic heterocycles. The Morgan fingerprint density at radius 3 is 2.41 bits per heavy atom. The zero-order valence-electron chi connectivity index (χ0n) is 13.8. The first-order chi connectivity index (χ1) is 10.7. The van der Waals surface area contributed by atoms with Gasteiger partial charge in [-0.1, -0.05) is 0 Å². The fourth-order valence-corrected chi connectivity index (χ4v) is 3.13. The quantitative estimate of drug-likeness (QED) is 0.735. The summed E-state index contributed by atoms with van der Waals surface area (Å²) in [5.74, 6) is 2.05. The maximum Gasteiger partial charge on any atom is 0.203 e. The van der Waals surface area contributed by atoms with Crippen LogP contribution >= 0.6 is 0 Å². The Bertz CT molecular complexity index is 507. The van der Waals surface area contributed by atoms with Gasteiger partial charge in [0.2, 0.25) is 5.75 Å². The van der Waals surface area contributed by atoms with Crippen LogP contribution in [0.5, 0.6) is 17.2 Å². The van der Waals surface area contributed by atoms with E-state index in [0.29, 0.717) is 18.0 Å². The van der Waals surface area contributed by atoms with Crippen LogP contribution < -0.4 is 19.9 Å². The molecule has 2 N–H and O–H groups in total. The van der Waals surface area contributed by atoms with E-state index in [1.807, 2.05) is 6.07 Å². The highest BCUT2D eigenvalue weighted by Crippen LogP contribution is 2.48. The molecule has 0 radical (unpaired) electrons. The molecule has 0 aliphatic carbocycles. The number of fused-ring (bicyclic) bond motifs is 1. The highest BCUT2D eigenvalue weighted by atomic mass is 16.5. The van der Waals surface area contributed by atoms with Crippen molar-refractivity contribution in [1.82, 2.24) is 4.90 Å². The molecule has 0 bridgehead atoms. The minimum absolute atomic E-state index is 0.167. The summed E-state index contributed by atoms with van der Waals surface area (Å²) in [5.41, 5.74) is 8.31. The third kappa shape index (κ3) is 2.99. The molecule has 0 amide bonds. The predicted molar refractivity (Wildman–Crippen MR) is 84.8 cm³/mol. The van der Waals surface area contributed by atoms with Gasteiger partial charge >= 0.3 is 0 Å². The molecule has 2 rings (SSSR count). The number of nitrogens with two attached hydrogens (primary N) is 1. The third-order valence-corrected chi connectivity index (χ3v) is 4.15. The van der Waals surface area contributed by atoms with E-state index in [9.17, 15) is 0 Å². The monoisotopic (exact) mass is 310 g/mol. The lowest BCUT2D eigenvalue weighted by atomic mass is 10.0. The predicted octanol–water partition coefficient (Wildman–Crippen LogP) is 1.56. The molecule has 0 spiro atoms. The average Bonchev–Trinajstić information content (AvgIpc) is 2.90. The van der Waals surface area contributed by atoms with Crippen molar-refractivity contribution in [3.8, 4) is 17.2 Å². The summed E-state index contributed by atoms with van der Waals surface area (Å²) >= 11 is 0. The van der Waals surface area contributed by atoms with Crippen molar-refractivity contribution >= 4 is 0 Å². The molecule has 1 unspecified atom stereocenters. The van der Waals surface area contributed by atoms with E-state index >= 15 is 0 Å². The molecule has 6 nitrogen and oxygen atoms in total. The summed E-state index contributed by atoms with van der Waals surface area (Å²) in [7, 11) is 6.63. The van der Waals surface area contributed by atoms with Crippen molar-refractivity contribution < 1.29 is 18.9 Å². The molecular formula is C16H26N2O4. The number of methoxy groups -OCH3 is 4. The summed E-state index contributed by atoms with van der Waals surface area (Å²) in [6, 6.07) is 2.19. The summed E-state index contributed by atoms with van der Waals surface area (Å²) < 4.78 is 21.6. The van der Waals surface area contributed by atoms with Gasteiger partial charge in [-0.2, -0.15) is 0 Å². The smallest absolute Gasteiger partial charge is 0.203 e. The molecule has 124 valence electrons. The average molecular weight is 310 g/mol. The first-order valence-electron chi connectivity index (χ1n) is 7.46. The Hall–Kier alpha value is -1.50. The molecule has 0 fully saturated rings. The van der Waals surface area contributed by atoms with Crippen LogP contribution in [0.4, 0.5) is 0 Å². The molecule has 1 aliphatic heterocycles. The van der Waals surface area contributed by atoms with Crippen LogP contribution in [-0.4, -0.2) is 53.0 Å². The lowest BCUT2D eigenvalue weighted by molar-refractivity contribution is 0.156. The molecule has 1 aliphatic rings. The third-order valence-electron chi connectivity index (χ3n) is 4.15. The number of ether oxygens (including phenoxy) is 4. The molecule has 1 aromatic rings. The summed E-state index contributed by atoms with van der Waals surface area (Å²) in [6.07, 6.45) is 0.970. The summed E-state index contributed by atoms with van der Waals surface area (Å²) in [5, 5.41) is 0. The van der Waals surface area contributed by atoms with Gasteiger partial charge in [0.05, 0.1) is 21.3 Å². The zero-order chi connectivity index (χ0) is 16.1. The van der Waals surface area contributed by atoms with Crippen LogP contribution in [0.25, 0.3) is 0 Å².